The quantitative estimate of drug-likeness (QED) is 0.328. The number of allylic oxidation sites excluding steroid dienone is 1. The molecule has 0 aliphatic carbocycles. The lowest BCUT2D eigenvalue weighted by Gasteiger charge is -2.39. The molecule has 3 aromatic rings. The molecule has 43 heavy (non-hydrogen) atoms. The number of fused-ring (bicyclic) bond motifs is 1. The first kappa shape index (κ1) is 30.7. The molecule has 2 saturated heterocycles. The maximum absolute atomic E-state index is 5.97. The number of morpholine rings is 1. The predicted octanol–water partition coefficient (Wildman–Crippen LogP) is 4.36. The van der Waals surface area contributed by atoms with Crippen LogP contribution < -0.4 is 20.1 Å². The molecule has 0 amide bonds. The number of nitrogens with zero attached hydrogens (tertiary/aromatic N) is 6. The summed E-state index contributed by atoms with van der Waals surface area (Å²) >= 11 is 0. The van der Waals surface area contributed by atoms with Crippen LogP contribution in [0.5, 0.6) is 11.5 Å². The van der Waals surface area contributed by atoms with E-state index in [1.807, 2.05) is 12.1 Å². The van der Waals surface area contributed by atoms with Crippen LogP contribution in [0.25, 0.3) is 16.6 Å². The summed E-state index contributed by atoms with van der Waals surface area (Å²) < 4.78 is 17.2. The molecule has 3 atom stereocenters. The van der Waals surface area contributed by atoms with Gasteiger partial charge in [0.1, 0.15) is 11.5 Å². The van der Waals surface area contributed by atoms with Crippen molar-refractivity contribution in [2.45, 2.75) is 44.9 Å². The molecule has 0 bridgehead atoms. The maximum Gasteiger partial charge on any atom is 0.124 e. The van der Waals surface area contributed by atoms with E-state index in [9.17, 15) is 0 Å². The van der Waals surface area contributed by atoms with Crippen molar-refractivity contribution in [1.82, 2.24) is 19.8 Å². The standard InChI is InChI=1S/C33H45N7O3/c1-23-20-39(21-24(2)43-23)27-9-12-38(22-27)10-6-11-40(28-13-29(41-4)16-30(14-28)42-5)26-7-8-31-32(15-26)37-33(19-36-31)25(17-34)18-35-3/h7-8,13-19,23-24,27H,6,9-12,20-22,34H2,1-5H3/t23-,24+,27?. The Balaban J connectivity index is 1.37. The van der Waals surface area contributed by atoms with Crippen molar-refractivity contribution in [3.8, 4) is 11.5 Å². The summed E-state index contributed by atoms with van der Waals surface area (Å²) in [6, 6.07) is 12.8. The lowest BCUT2D eigenvalue weighted by atomic mass is 10.1. The van der Waals surface area contributed by atoms with Crippen molar-refractivity contribution in [2.24, 2.45) is 10.7 Å². The summed E-state index contributed by atoms with van der Waals surface area (Å²) in [7, 11) is 5.07. The number of aromatic nitrogens is 2. The second kappa shape index (κ2) is 14.2. The van der Waals surface area contributed by atoms with Crippen LogP contribution in [0.3, 0.4) is 0 Å². The fraction of sp³-hybridized carbons (Fsp3) is 0.485. The number of likely N-dealkylation sites (tertiary alicyclic amines) is 1. The number of hydrogen-bond acceptors (Lipinski definition) is 10. The molecule has 2 aliphatic rings. The summed E-state index contributed by atoms with van der Waals surface area (Å²) in [5.74, 6) is 1.49. The number of rotatable bonds is 11. The number of benzene rings is 2. The Morgan fingerprint density at radius 3 is 2.47 bits per heavy atom. The number of ether oxygens (including phenoxy) is 3. The third-order valence-electron chi connectivity index (χ3n) is 8.30. The van der Waals surface area contributed by atoms with Crippen molar-refractivity contribution >= 4 is 34.2 Å². The third kappa shape index (κ3) is 7.44. The maximum atomic E-state index is 5.97. The second-order valence-electron chi connectivity index (χ2n) is 11.5. The van der Waals surface area contributed by atoms with Gasteiger partial charge in [0.05, 0.1) is 49.4 Å². The van der Waals surface area contributed by atoms with Gasteiger partial charge in [0.25, 0.3) is 0 Å². The molecule has 0 spiro atoms. The molecule has 1 unspecified atom stereocenters. The van der Waals surface area contributed by atoms with E-state index >= 15 is 0 Å². The van der Waals surface area contributed by atoms with E-state index in [0.717, 1.165) is 85.2 Å². The van der Waals surface area contributed by atoms with Gasteiger partial charge in [-0.1, -0.05) is 0 Å². The van der Waals surface area contributed by atoms with Crippen LogP contribution in [0.1, 0.15) is 32.4 Å². The minimum atomic E-state index is 0.298. The minimum absolute atomic E-state index is 0.298. The molecule has 2 fully saturated rings. The fourth-order valence-corrected chi connectivity index (χ4v) is 6.28. The highest BCUT2D eigenvalue weighted by Gasteiger charge is 2.32. The van der Waals surface area contributed by atoms with E-state index in [1.165, 1.54) is 12.6 Å². The van der Waals surface area contributed by atoms with Gasteiger partial charge < -0.3 is 29.7 Å². The largest absolute Gasteiger partial charge is 0.497 e. The number of anilines is 2. The van der Waals surface area contributed by atoms with Gasteiger partial charge in [-0.3, -0.25) is 14.9 Å². The average Bonchev–Trinajstić information content (AvgIpc) is 3.50. The van der Waals surface area contributed by atoms with E-state index < -0.39 is 0 Å². The van der Waals surface area contributed by atoms with Gasteiger partial charge in [-0.05, 0) is 58.0 Å². The van der Waals surface area contributed by atoms with Crippen molar-refractivity contribution in [2.75, 3.05) is 65.4 Å². The van der Waals surface area contributed by atoms with Gasteiger partial charge in [0.15, 0.2) is 0 Å². The van der Waals surface area contributed by atoms with Crippen LogP contribution in [0, 0.1) is 0 Å². The van der Waals surface area contributed by atoms with Gasteiger partial charge in [-0.15, -0.1) is 0 Å². The van der Waals surface area contributed by atoms with Crippen LogP contribution >= 0.6 is 0 Å². The highest BCUT2D eigenvalue weighted by atomic mass is 16.5. The molecule has 2 N–H and O–H groups in total. The first-order chi connectivity index (χ1) is 20.9. The van der Waals surface area contributed by atoms with Crippen molar-refractivity contribution < 1.29 is 14.2 Å². The molecule has 3 heterocycles. The Morgan fingerprint density at radius 2 is 1.79 bits per heavy atom. The molecule has 2 aromatic carbocycles. The van der Waals surface area contributed by atoms with Crippen molar-refractivity contribution in [3.05, 3.63) is 54.5 Å². The lowest BCUT2D eigenvalue weighted by molar-refractivity contribution is -0.0790. The molecule has 1 aromatic heterocycles. The number of methoxy groups -OCH3 is 2. The third-order valence-corrected chi connectivity index (χ3v) is 8.30. The zero-order valence-electron chi connectivity index (χ0n) is 26.1. The van der Waals surface area contributed by atoms with Gasteiger partial charge >= 0.3 is 0 Å². The van der Waals surface area contributed by atoms with E-state index in [1.54, 1.807) is 33.7 Å². The fourth-order valence-electron chi connectivity index (χ4n) is 6.28. The summed E-state index contributed by atoms with van der Waals surface area (Å²) in [5, 5.41) is 0. The Kier molecular flexibility index (Phi) is 10.1. The molecule has 0 radical (unpaired) electrons. The predicted molar refractivity (Wildman–Crippen MR) is 174 cm³/mol. The highest BCUT2D eigenvalue weighted by Crippen LogP contribution is 2.34. The summed E-state index contributed by atoms with van der Waals surface area (Å²) in [4.78, 5) is 21.2. The van der Waals surface area contributed by atoms with Gasteiger partial charge in [-0.25, -0.2) is 4.98 Å². The first-order valence-electron chi connectivity index (χ1n) is 15.1. The van der Waals surface area contributed by atoms with E-state index in [-0.39, 0.29) is 0 Å². The summed E-state index contributed by atoms with van der Waals surface area (Å²) in [5.41, 5.74) is 10.9. The zero-order chi connectivity index (χ0) is 30.3. The topological polar surface area (TPSA) is 102 Å². The molecule has 10 nitrogen and oxygen atoms in total. The van der Waals surface area contributed by atoms with Gasteiger partial charge in [0, 0.05) is 86.8 Å². The monoisotopic (exact) mass is 587 g/mol. The highest BCUT2D eigenvalue weighted by molar-refractivity contribution is 6.09. The average molecular weight is 588 g/mol. The Morgan fingerprint density at radius 1 is 1.05 bits per heavy atom. The molecule has 10 heteroatoms. The molecular weight excluding hydrogens is 542 g/mol. The molecule has 5 rings (SSSR count). The Hall–Kier alpha value is -3.73. The SMILES string of the molecule is CN=CC(=CN)c1cnc2ccc(N(CCCN3CCC(N4C[C@@H](C)O[C@@H](C)C4)C3)c3cc(OC)cc(OC)c3)cc2n1. The van der Waals surface area contributed by atoms with Crippen LogP contribution in [-0.2, 0) is 4.74 Å². The zero-order valence-corrected chi connectivity index (χ0v) is 26.1. The molecular formula is C33H45N7O3. The molecule has 0 saturated carbocycles. The van der Waals surface area contributed by atoms with E-state index in [4.69, 9.17) is 24.9 Å². The van der Waals surface area contributed by atoms with Gasteiger partial charge in [-0.2, -0.15) is 0 Å². The number of nitrogens with two attached hydrogens (primary N) is 1. The minimum Gasteiger partial charge on any atom is -0.497 e. The summed E-state index contributed by atoms with van der Waals surface area (Å²) in [6.07, 6.45) is 7.73. The van der Waals surface area contributed by atoms with Crippen molar-refractivity contribution in [3.63, 3.8) is 0 Å². The van der Waals surface area contributed by atoms with Crippen LogP contribution in [0.4, 0.5) is 11.4 Å². The smallest absolute Gasteiger partial charge is 0.124 e. The van der Waals surface area contributed by atoms with Crippen molar-refractivity contribution in [1.29, 1.82) is 0 Å². The Labute approximate surface area is 255 Å². The number of aliphatic imine (C=N–C) groups is 1. The van der Waals surface area contributed by atoms with Crippen LogP contribution in [0.15, 0.2) is 53.8 Å². The normalized spacial score (nSPS) is 22.0. The second-order valence-corrected chi connectivity index (χ2v) is 11.5. The lowest BCUT2D eigenvalue weighted by Crippen LogP contribution is -2.50. The van der Waals surface area contributed by atoms with Crippen LogP contribution in [-0.4, -0.2) is 105 Å². The Bertz CT molecular complexity index is 1410. The van der Waals surface area contributed by atoms with E-state index in [2.05, 4.69) is 62.8 Å². The molecule has 2 aliphatic heterocycles. The molecule has 230 valence electrons. The summed E-state index contributed by atoms with van der Waals surface area (Å²) in [6.45, 7) is 10.5. The van der Waals surface area contributed by atoms with E-state index in [0.29, 0.717) is 23.9 Å². The van der Waals surface area contributed by atoms with Crippen LogP contribution in [0.2, 0.25) is 0 Å². The van der Waals surface area contributed by atoms with Gasteiger partial charge in [0.2, 0.25) is 0 Å². The first-order valence-corrected chi connectivity index (χ1v) is 15.1. The number of hydrogen-bond donors (Lipinski definition) is 1.